The molecular weight excluding hydrogens is 378 g/mol. The summed E-state index contributed by atoms with van der Waals surface area (Å²) in [6, 6.07) is 8.10. The van der Waals surface area contributed by atoms with Gasteiger partial charge in [-0.15, -0.1) is 5.10 Å². The van der Waals surface area contributed by atoms with E-state index in [0.717, 1.165) is 36.3 Å². The molecule has 0 unspecified atom stereocenters. The molecule has 7 nitrogen and oxygen atoms in total. The van der Waals surface area contributed by atoms with Crippen LogP contribution in [0.2, 0.25) is 0 Å². The zero-order valence-corrected chi connectivity index (χ0v) is 18.1. The first-order valence-corrected chi connectivity index (χ1v) is 10.6. The van der Waals surface area contributed by atoms with Crippen molar-refractivity contribution in [1.82, 2.24) is 24.5 Å². The molecule has 3 aromatic heterocycles. The molecule has 4 rings (SSSR count). The number of hydrogen-bond acceptors (Lipinski definition) is 5. The predicted molar refractivity (Wildman–Crippen MR) is 115 cm³/mol. The molecule has 1 saturated carbocycles. The lowest BCUT2D eigenvalue weighted by Gasteiger charge is -2.09. The van der Waals surface area contributed by atoms with E-state index in [-0.39, 0.29) is 5.56 Å². The highest BCUT2D eigenvalue weighted by Crippen LogP contribution is 2.46. The van der Waals surface area contributed by atoms with E-state index in [0.29, 0.717) is 36.3 Å². The first-order chi connectivity index (χ1) is 14.4. The highest BCUT2D eigenvalue weighted by molar-refractivity contribution is 5.23. The Balaban J connectivity index is 1.38. The van der Waals surface area contributed by atoms with Crippen molar-refractivity contribution in [3.63, 3.8) is 0 Å². The van der Waals surface area contributed by atoms with Crippen molar-refractivity contribution in [2.75, 3.05) is 6.61 Å². The fourth-order valence-corrected chi connectivity index (χ4v) is 3.82. The Hall–Kier alpha value is -2.96. The third kappa shape index (κ3) is 4.45. The van der Waals surface area contributed by atoms with Gasteiger partial charge in [-0.05, 0) is 50.3 Å². The maximum Gasteiger partial charge on any atom is 0.269 e. The minimum absolute atomic E-state index is 0.0756. The van der Waals surface area contributed by atoms with E-state index in [4.69, 9.17) is 4.74 Å². The van der Waals surface area contributed by atoms with Crippen LogP contribution in [0.25, 0.3) is 0 Å². The molecule has 1 aliphatic carbocycles. The van der Waals surface area contributed by atoms with Crippen LogP contribution in [0, 0.1) is 12.8 Å². The first-order valence-electron chi connectivity index (χ1n) is 10.6. The summed E-state index contributed by atoms with van der Waals surface area (Å²) in [4.78, 5) is 17.0. The monoisotopic (exact) mass is 407 g/mol. The summed E-state index contributed by atoms with van der Waals surface area (Å²) in [7, 11) is 3.62. The molecule has 1 aliphatic rings. The van der Waals surface area contributed by atoms with Crippen LogP contribution in [0.5, 0.6) is 5.88 Å². The van der Waals surface area contributed by atoms with E-state index in [2.05, 4.69) is 40.3 Å². The summed E-state index contributed by atoms with van der Waals surface area (Å²) in [6.45, 7) is 4.73. The van der Waals surface area contributed by atoms with Gasteiger partial charge in [0.25, 0.3) is 5.56 Å². The third-order valence-electron chi connectivity index (χ3n) is 5.84. The van der Waals surface area contributed by atoms with Crippen LogP contribution in [-0.4, -0.2) is 31.2 Å². The van der Waals surface area contributed by atoms with Crippen LogP contribution in [0.1, 0.15) is 47.5 Å². The van der Waals surface area contributed by atoms with Crippen LogP contribution in [-0.2, 0) is 33.4 Å². The summed E-state index contributed by atoms with van der Waals surface area (Å²) in [5.41, 5.74) is 5.14. The molecule has 0 aromatic carbocycles. The van der Waals surface area contributed by atoms with Gasteiger partial charge in [0.05, 0.1) is 12.3 Å². The van der Waals surface area contributed by atoms with Gasteiger partial charge >= 0.3 is 0 Å². The minimum atomic E-state index is -0.0756. The topological polar surface area (TPSA) is 74.8 Å². The zero-order valence-electron chi connectivity index (χ0n) is 18.1. The first kappa shape index (κ1) is 20.3. The Morgan fingerprint density at radius 3 is 2.67 bits per heavy atom. The molecule has 0 saturated heterocycles. The van der Waals surface area contributed by atoms with Crippen molar-refractivity contribution < 1.29 is 4.74 Å². The van der Waals surface area contributed by atoms with Gasteiger partial charge in [-0.1, -0.05) is 13.0 Å². The Bertz CT molecular complexity index is 1080. The number of ether oxygens (including phenoxy) is 1. The summed E-state index contributed by atoms with van der Waals surface area (Å²) >= 11 is 0. The van der Waals surface area contributed by atoms with Gasteiger partial charge in [-0.3, -0.25) is 14.5 Å². The maximum atomic E-state index is 12.5. The summed E-state index contributed by atoms with van der Waals surface area (Å²) in [6.07, 6.45) is 5.29. The van der Waals surface area contributed by atoms with E-state index in [1.807, 2.05) is 24.9 Å². The quantitative estimate of drug-likeness (QED) is 0.574. The Morgan fingerprint density at radius 1 is 1.13 bits per heavy atom. The molecule has 30 heavy (non-hydrogen) atoms. The maximum absolute atomic E-state index is 12.5. The minimum Gasteiger partial charge on any atom is -0.476 e. The summed E-state index contributed by atoms with van der Waals surface area (Å²) < 4.78 is 9.23. The number of nitrogens with zero attached hydrogens (tertiary/aromatic N) is 5. The van der Waals surface area contributed by atoms with Crippen molar-refractivity contribution in [3.8, 4) is 5.88 Å². The van der Waals surface area contributed by atoms with Gasteiger partial charge in [0, 0.05) is 55.1 Å². The molecule has 0 aliphatic heterocycles. The van der Waals surface area contributed by atoms with Gasteiger partial charge < -0.3 is 4.74 Å². The van der Waals surface area contributed by atoms with Crippen LogP contribution < -0.4 is 10.3 Å². The van der Waals surface area contributed by atoms with Crippen LogP contribution >= 0.6 is 0 Å². The molecule has 3 heterocycles. The van der Waals surface area contributed by atoms with Crippen molar-refractivity contribution in [3.05, 3.63) is 69.0 Å². The van der Waals surface area contributed by atoms with Crippen molar-refractivity contribution in [2.45, 2.75) is 45.4 Å². The lowest BCUT2D eigenvalue weighted by Crippen LogP contribution is -2.24. The van der Waals surface area contributed by atoms with E-state index < -0.39 is 0 Å². The molecule has 1 fully saturated rings. The molecule has 0 N–H and O–H groups in total. The van der Waals surface area contributed by atoms with Crippen molar-refractivity contribution in [1.29, 1.82) is 0 Å². The highest BCUT2D eigenvalue weighted by Gasteiger charge is 2.40. The van der Waals surface area contributed by atoms with Gasteiger partial charge in [-0.2, -0.15) is 5.10 Å². The largest absolute Gasteiger partial charge is 0.476 e. The van der Waals surface area contributed by atoms with Crippen LogP contribution in [0.3, 0.4) is 0 Å². The van der Waals surface area contributed by atoms with E-state index >= 15 is 0 Å². The molecule has 0 amide bonds. The molecular formula is C23H29N5O2. The average Bonchev–Trinajstić information content (AvgIpc) is 3.42. The zero-order chi connectivity index (χ0) is 21.3. The van der Waals surface area contributed by atoms with Crippen LogP contribution in [0.15, 0.2) is 35.3 Å². The fourth-order valence-electron chi connectivity index (χ4n) is 3.82. The lowest BCUT2D eigenvalue weighted by molar-refractivity contribution is 0.277. The van der Waals surface area contributed by atoms with Gasteiger partial charge in [0.1, 0.15) is 0 Å². The Morgan fingerprint density at radius 2 is 1.97 bits per heavy atom. The number of aryl methyl sites for hydroxylation is 6. The van der Waals surface area contributed by atoms with Gasteiger partial charge in [0.15, 0.2) is 0 Å². The molecule has 3 aromatic rings. The van der Waals surface area contributed by atoms with Gasteiger partial charge in [-0.25, -0.2) is 4.68 Å². The molecule has 158 valence electrons. The van der Waals surface area contributed by atoms with Crippen LogP contribution in [0.4, 0.5) is 0 Å². The Kier molecular flexibility index (Phi) is 5.70. The standard InChI is InChI=1S/C23H29N5O2/c1-5-18-12-19(27(3)25-18)8-7-16-11-22(26-28(4)23(16)29)30-14-17-10-20(17)21-9-6-15(2)13-24-21/h6,9,11-13,17,20H,5,7-8,10,14H2,1-4H3/t17-,20+/m1/s1. The SMILES string of the molecule is CCc1cc(CCc2cc(OC[C@H]3C[C@@H]3c3ccc(C)cn3)nn(C)c2=O)n(C)n1. The van der Waals surface area contributed by atoms with E-state index in [1.54, 1.807) is 13.1 Å². The van der Waals surface area contributed by atoms with Crippen molar-refractivity contribution in [2.24, 2.45) is 20.0 Å². The normalized spacial score (nSPS) is 17.9. The predicted octanol–water partition coefficient (Wildman–Crippen LogP) is 2.75. The second-order valence-corrected chi connectivity index (χ2v) is 8.21. The summed E-state index contributed by atoms with van der Waals surface area (Å²) in [5, 5.41) is 8.76. The second kappa shape index (κ2) is 8.42. The fraction of sp³-hybridized carbons (Fsp3) is 0.478. The lowest BCUT2D eigenvalue weighted by atomic mass is 10.1. The van der Waals surface area contributed by atoms with Gasteiger partial charge in [0.2, 0.25) is 5.88 Å². The van der Waals surface area contributed by atoms with E-state index in [1.165, 1.54) is 10.2 Å². The summed E-state index contributed by atoms with van der Waals surface area (Å²) in [5.74, 6) is 1.41. The molecule has 0 radical (unpaired) electrons. The Labute approximate surface area is 176 Å². The number of rotatable bonds is 8. The molecule has 7 heteroatoms. The third-order valence-corrected chi connectivity index (χ3v) is 5.84. The number of hydrogen-bond donors (Lipinski definition) is 0. The number of pyridine rings is 1. The van der Waals surface area contributed by atoms with Crippen molar-refractivity contribution >= 4 is 0 Å². The smallest absolute Gasteiger partial charge is 0.269 e. The molecule has 0 bridgehead atoms. The van der Waals surface area contributed by atoms with E-state index in [9.17, 15) is 4.79 Å². The highest BCUT2D eigenvalue weighted by atomic mass is 16.5. The molecule has 2 atom stereocenters. The molecule has 0 spiro atoms. The number of aromatic nitrogens is 5. The average molecular weight is 408 g/mol. The second-order valence-electron chi connectivity index (χ2n) is 8.21.